The number of nitrogen functional groups attached to an aromatic ring is 1. The van der Waals surface area contributed by atoms with E-state index in [4.69, 9.17) is 17.3 Å². The summed E-state index contributed by atoms with van der Waals surface area (Å²) in [5.74, 6) is 0.691. The van der Waals surface area contributed by atoms with Crippen LogP contribution in [0.15, 0.2) is 18.2 Å². The lowest BCUT2D eigenvalue weighted by Gasteiger charge is -2.10. The maximum atomic E-state index is 14.3. The zero-order valence-electron chi connectivity index (χ0n) is 12.1. The Balaban J connectivity index is 2.06. The molecule has 1 saturated carbocycles. The van der Waals surface area contributed by atoms with E-state index in [2.05, 4.69) is 5.10 Å². The summed E-state index contributed by atoms with van der Waals surface area (Å²) >= 11 is 5.90. The molecule has 1 heterocycles. The Morgan fingerprint density at radius 2 is 2.10 bits per heavy atom. The highest BCUT2D eigenvalue weighted by molar-refractivity contribution is 6.31. The molecule has 0 spiro atoms. The third kappa shape index (κ3) is 2.64. The van der Waals surface area contributed by atoms with Crippen molar-refractivity contribution in [1.82, 2.24) is 9.78 Å². The summed E-state index contributed by atoms with van der Waals surface area (Å²) in [6, 6.07) is 5.00. The van der Waals surface area contributed by atoms with Crippen molar-refractivity contribution in [3.8, 4) is 11.1 Å². The minimum absolute atomic E-state index is 0.113. The summed E-state index contributed by atoms with van der Waals surface area (Å²) in [5.41, 5.74) is 8.14. The molecule has 21 heavy (non-hydrogen) atoms. The molecule has 0 unspecified atom stereocenters. The molecule has 1 aliphatic rings. The van der Waals surface area contributed by atoms with Gasteiger partial charge in [0.15, 0.2) is 0 Å². The highest BCUT2D eigenvalue weighted by atomic mass is 35.5. The first-order chi connectivity index (χ1) is 10.1. The predicted molar refractivity (Wildman–Crippen MR) is 83.7 cm³/mol. The molecule has 1 aromatic carbocycles. The highest BCUT2D eigenvalue weighted by Gasteiger charge is 2.24. The van der Waals surface area contributed by atoms with Crippen LogP contribution < -0.4 is 5.73 Å². The van der Waals surface area contributed by atoms with Gasteiger partial charge in [0, 0.05) is 18.2 Å². The van der Waals surface area contributed by atoms with Crippen LogP contribution in [0.3, 0.4) is 0 Å². The first-order valence-electron chi connectivity index (χ1n) is 7.33. The minimum atomic E-state index is -0.425. The molecule has 0 aliphatic heterocycles. The van der Waals surface area contributed by atoms with Crippen molar-refractivity contribution >= 4 is 17.4 Å². The van der Waals surface area contributed by atoms with Crippen LogP contribution in [0.5, 0.6) is 0 Å². The highest BCUT2D eigenvalue weighted by Crippen LogP contribution is 2.37. The summed E-state index contributed by atoms with van der Waals surface area (Å²) in [5, 5.41) is 4.62. The van der Waals surface area contributed by atoms with Gasteiger partial charge in [-0.2, -0.15) is 5.10 Å². The molecule has 3 rings (SSSR count). The number of hydrogen-bond donors (Lipinski definition) is 1. The molecular weight excluding hydrogens is 289 g/mol. The van der Waals surface area contributed by atoms with Gasteiger partial charge in [0.2, 0.25) is 0 Å². The number of aromatic nitrogens is 2. The van der Waals surface area contributed by atoms with Gasteiger partial charge < -0.3 is 5.73 Å². The van der Waals surface area contributed by atoms with Crippen LogP contribution in [0, 0.1) is 11.7 Å². The quantitative estimate of drug-likeness (QED) is 0.923. The second-order valence-corrected chi connectivity index (χ2v) is 6.19. The average molecular weight is 308 g/mol. The van der Waals surface area contributed by atoms with Crippen molar-refractivity contribution in [2.45, 2.75) is 32.1 Å². The summed E-state index contributed by atoms with van der Waals surface area (Å²) < 4.78 is 16.0. The number of aryl methyl sites for hydroxylation is 1. The Bertz CT molecular complexity index is 660. The summed E-state index contributed by atoms with van der Waals surface area (Å²) in [6.07, 6.45) is 5.83. The molecule has 0 bridgehead atoms. The van der Waals surface area contributed by atoms with Crippen LogP contribution in [0.2, 0.25) is 5.02 Å². The lowest BCUT2D eigenvalue weighted by Crippen LogP contribution is -2.02. The minimum Gasteiger partial charge on any atom is -0.383 e. The third-order valence-electron chi connectivity index (χ3n) is 4.34. The largest absolute Gasteiger partial charge is 0.383 e. The van der Waals surface area contributed by atoms with E-state index in [0.717, 1.165) is 12.1 Å². The maximum absolute atomic E-state index is 14.3. The Kier molecular flexibility index (Phi) is 3.89. The van der Waals surface area contributed by atoms with Gasteiger partial charge in [0.05, 0.1) is 10.7 Å². The van der Waals surface area contributed by atoms with E-state index in [0.29, 0.717) is 22.9 Å². The van der Waals surface area contributed by atoms with Gasteiger partial charge in [-0.1, -0.05) is 49.4 Å². The molecule has 1 aliphatic carbocycles. The van der Waals surface area contributed by atoms with Crippen molar-refractivity contribution in [3.05, 3.63) is 34.7 Å². The van der Waals surface area contributed by atoms with E-state index < -0.39 is 5.82 Å². The number of rotatable bonds is 3. The number of nitrogens with two attached hydrogens (primary N) is 1. The van der Waals surface area contributed by atoms with Crippen molar-refractivity contribution in [3.63, 3.8) is 0 Å². The average Bonchev–Trinajstić information content (AvgIpc) is 3.04. The van der Waals surface area contributed by atoms with Gasteiger partial charge in [-0.15, -0.1) is 0 Å². The van der Waals surface area contributed by atoms with E-state index in [-0.39, 0.29) is 5.02 Å². The second kappa shape index (κ2) is 5.68. The molecule has 2 N–H and O–H groups in total. The second-order valence-electron chi connectivity index (χ2n) is 5.79. The molecule has 5 heteroatoms. The van der Waals surface area contributed by atoms with Gasteiger partial charge in [0.25, 0.3) is 0 Å². The van der Waals surface area contributed by atoms with Gasteiger partial charge in [-0.3, -0.25) is 4.68 Å². The van der Waals surface area contributed by atoms with Crippen LogP contribution in [0.1, 0.15) is 31.4 Å². The first kappa shape index (κ1) is 14.4. The van der Waals surface area contributed by atoms with E-state index >= 15 is 0 Å². The van der Waals surface area contributed by atoms with Crippen molar-refractivity contribution in [1.29, 1.82) is 0 Å². The Labute approximate surface area is 128 Å². The van der Waals surface area contributed by atoms with Crippen molar-refractivity contribution in [2.75, 3.05) is 5.73 Å². The maximum Gasteiger partial charge on any atom is 0.149 e. The standard InChI is InChI=1S/C16H19ClFN3/c1-21-16(19)14(11-7-4-8-12(17)15(11)18)13(20-21)9-10-5-2-3-6-10/h4,7-8,10H,2-3,5-6,9,19H2,1H3. The van der Waals surface area contributed by atoms with Gasteiger partial charge in [-0.25, -0.2) is 4.39 Å². The topological polar surface area (TPSA) is 43.8 Å². The Morgan fingerprint density at radius 3 is 2.81 bits per heavy atom. The number of benzene rings is 1. The fraction of sp³-hybridized carbons (Fsp3) is 0.438. The fourth-order valence-corrected chi connectivity index (χ4v) is 3.39. The molecule has 2 aromatic rings. The van der Waals surface area contributed by atoms with E-state index in [1.165, 1.54) is 25.7 Å². The smallest absolute Gasteiger partial charge is 0.149 e. The SMILES string of the molecule is Cn1nc(CC2CCCC2)c(-c2cccc(Cl)c2F)c1N. The van der Waals surface area contributed by atoms with Gasteiger partial charge >= 0.3 is 0 Å². The summed E-state index contributed by atoms with van der Waals surface area (Å²) in [4.78, 5) is 0. The molecule has 1 aromatic heterocycles. The molecular formula is C16H19ClFN3. The summed E-state index contributed by atoms with van der Waals surface area (Å²) in [7, 11) is 1.79. The Morgan fingerprint density at radius 1 is 1.38 bits per heavy atom. The zero-order chi connectivity index (χ0) is 15.0. The zero-order valence-corrected chi connectivity index (χ0v) is 12.8. The monoisotopic (exact) mass is 307 g/mol. The number of hydrogen-bond acceptors (Lipinski definition) is 2. The fourth-order valence-electron chi connectivity index (χ4n) is 3.22. The number of nitrogens with zero attached hydrogens (tertiary/aromatic N) is 2. The molecule has 0 atom stereocenters. The van der Waals surface area contributed by atoms with Gasteiger partial charge in [-0.05, 0) is 18.4 Å². The Hall–Kier alpha value is -1.55. The predicted octanol–water partition coefficient (Wildman–Crippen LogP) is 4.19. The molecule has 3 nitrogen and oxygen atoms in total. The number of anilines is 1. The van der Waals surface area contributed by atoms with Gasteiger partial charge in [0.1, 0.15) is 11.6 Å². The van der Waals surface area contributed by atoms with Crippen molar-refractivity contribution in [2.24, 2.45) is 13.0 Å². The third-order valence-corrected chi connectivity index (χ3v) is 4.63. The van der Waals surface area contributed by atoms with E-state index in [9.17, 15) is 4.39 Å². The van der Waals surface area contributed by atoms with E-state index in [1.807, 2.05) is 0 Å². The first-order valence-corrected chi connectivity index (χ1v) is 7.71. The van der Waals surface area contributed by atoms with Crippen LogP contribution >= 0.6 is 11.6 Å². The van der Waals surface area contributed by atoms with Crippen LogP contribution in [0.4, 0.5) is 10.2 Å². The van der Waals surface area contributed by atoms with Crippen molar-refractivity contribution < 1.29 is 4.39 Å². The molecule has 1 fully saturated rings. The lowest BCUT2D eigenvalue weighted by molar-refractivity contribution is 0.534. The van der Waals surface area contributed by atoms with Crippen LogP contribution in [-0.4, -0.2) is 9.78 Å². The van der Waals surface area contributed by atoms with E-state index in [1.54, 1.807) is 29.9 Å². The summed E-state index contributed by atoms with van der Waals surface area (Å²) in [6.45, 7) is 0. The molecule has 0 saturated heterocycles. The van der Waals surface area contributed by atoms with Crippen LogP contribution in [0.25, 0.3) is 11.1 Å². The number of halogens is 2. The molecule has 112 valence electrons. The molecule has 0 radical (unpaired) electrons. The normalized spacial score (nSPS) is 15.8. The lowest BCUT2D eigenvalue weighted by atomic mass is 9.96. The molecule has 0 amide bonds. The van der Waals surface area contributed by atoms with Crippen LogP contribution in [-0.2, 0) is 13.5 Å².